The van der Waals surface area contributed by atoms with E-state index < -0.39 is 0 Å². The Labute approximate surface area is 124 Å². The van der Waals surface area contributed by atoms with Crippen LogP contribution in [-0.4, -0.2) is 5.91 Å². The van der Waals surface area contributed by atoms with Gasteiger partial charge in [-0.25, -0.2) is 0 Å². The van der Waals surface area contributed by atoms with Crippen molar-refractivity contribution in [2.24, 2.45) is 5.41 Å². The molecule has 19 heavy (non-hydrogen) atoms. The molecule has 0 bridgehead atoms. The van der Waals surface area contributed by atoms with Crippen LogP contribution in [0.15, 0.2) is 28.7 Å². The molecule has 1 aliphatic rings. The minimum atomic E-state index is -0.108. The highest BCUT2D eigenvalue weighted by atomic mass is 79.9. The van der Waals surface area contributed by atoms with E-state index in [1.54, 1.807) is 0 Å². The van der Waals surface area contributed by atoms with Gasteiger partial charge in [0, 0.05) is 9.89 Å². The van der Waals surface area contributed by atoms with Crippen LogP contribution in [0.1, 0.15) is 57.6 Å². The van der Waals surface area contributed by atoms with Gasteiger partial charge in [0.1, 0.15) is 0 Å². The van der Waals surface area contributed by atoms with Gasteiger partial charge in [-0.15, -0.1) is 0 Å². The Hall–Kier alpha value is -0.830. The number of benzene rings is 1. The van der Waals surface area contributed by atoms with E-state index in [-0.39, 0.29) is 17.4 Å². The van der Waals surface area contributed by atoms with E-state index in [2.05, 4.69) is 47.2 Å². The maximum atomic E-state index is 12.5. The Morgan fingerprint density at radius 2 is 1.89 bits per heavy atom. The van der Waals surface area contributed by atoms with E-state index in [1.807, 2.05) is 12.1 Å². The van der Waals surface area contributed by atoms with Gasteiger partial charge in [0.25, 0.3) is 0 Å². The number of rotatable bonds is 4. The molecular weight excluding hydrogens is 302 g/mol. The molecule has 1 atom stereocenters. The smallest absolute Gasteiger partial charge is 0.226 e. The fourth-order valence-electron chi connectivity index (χ4n) is 2.98. The lowest BCUT2D eigenvalue weighted by molar-refractivity contribution is -0.131. The largest absolute Gasteiger partial charge is 0.349 e. The summed E-state index contributed by atoms with van der Waals surface area (Å²) in [6.45, 7) is 4.19. The molecule has 0 saturated heterocycles. The third-order valence-electron chi connectivity index (χ3n) is 4.44. The average molecular weight is 324 g/mol. The van der Waals surface area contributed by atoms with E-state index >= 15 is 0 Å². The van der Waals surface area contributed by atoms with Gasteiger partial charge in [-0.1, -0.05) is 47.8 Å². The second kappa shape index (κ2) is 6.08. The number of halogens is 1. The first-order chi connectivity index (χ1) is 9.07. The van der Waals surface area contributed by atoms with Crippen molar-refractivity contribution in [1.29, 1.82) is 0 Å². The molecule has 1 fully saturated rings. The van der Waals surface area contributed by atoms with E-state index in [0.717, 1.165) is 29.3 Å². The van der Waals surface area contributed by atoms with Gasteiger partial charge in [-0.3, -0.25) is 4.79 Å². The summed E-state index contributed by atoms with van der Waals surface area (Å²) in [5.41, 5.74) is 1.05. The molecule has 104 valence electrons. The quantitative estimate of drug-likeness (QED) is 0.862. The van der Waals surface area contributed by atoms with Crippen molar-refractivity contribution in [2.75, 3.05) is 0 Å². The minimum Gasteiger partial charge on any atom is -0.349 e. The van der Waals surface area contributed by atoms with Gasteiger partial charge in [0.05, 0.1) is 6.04 Å². The molecule has 1 aromatic rings. The molecule has 1 aromatic carbocycles. The lowest BCUT2D eigenvalue weighted by atomic mass is 9.82. The molecule has 1 aliphatic carbocycles. The summed E-state index contributed by atoms with van der Waals surface area (Å²) in [7, 11) is 0. The maximum Gasteiger partial charge on any atom is 0.226 e. The van der Waals surface area contributed by atoms with Crippen LogP contribution in [0.3, 0.4) is 0 Å². The van der Waals surface area contributed by atoms with Crippen LogP contribution < -0.4 is 5.32 Å². The number of hydrogen-bond acceptors (Lipinski definition) is 1. The molecular formula is C16H22BrNO. The van der Waals surface area contributed by atoms with Gasteiger partial charge in [-0.2, -0.15) is 0 Å². The first kappa shape index (κ1) is 14.6. The number of hydrogen-bond donors (Lipinski definition) is 1. The lowest BCUT2D eigenvalue weighted by Gasteiger charge is -2.28. The Kier molecular flexibility index (Phi) is 4.67. The van der Waals surface area contributed by atoms with Crippen molar-refractivity contribution in [1.82, 2.24) is 5.32 Å². The Balaban J connectivity index is 2.04. The fraction of sp³-hybridized carbons (Fsp3) is 0.562. The predicted octanol–water partition coefficient (Wildman–Crippen LogP) is 4.60. The van der Waals surface area contributed by atoms with Gasteiger partial charge >= 0.3 is 0 Å². The summed E-state index contributed by atoms with van der Waals surface area (Å²) in [5.74, 6) is 0.239. The highest BCUT2D eigenvalue weighted by molar-refractivity contribution is 9.10. The van der Waals surface area contributed by atoms with Crippen LogP contribution in [0.5, 0.6) is 0 Å². The van der Waals surface area contributed by atoms with Gasteiger partial charge in [0.2, 0.25) is 5.91 Å². The first-order valence-electron chi connectivity index (χ1n) is 7.14. The number of amides is 1. The Morgan fingerprint density at radius 3 is 2.42 bits per heavy atom. The zero-order valence-electron chi connectivity index (χ0n) is 11.7. The summed E-state index contributed by atoms with van der Waals surface area (Å²) < 4.78 is 1.07. The second-order valence-electron chi connectivity index (χ2n) is 5.59. The molecule has 1 unspecified atom stereocenters. The molecule has 2 nitrogen and oxygen atoms in total. The molecule has 0 aromatic heterocycles. The monoisotopic (exact) mass is 323 g/mol. The van der Waals surface area contributed by atoms with Crippen molar-refractivity contribution >= 4 is 21.8 Å². The average Bonchev–Trinajstić information content (AvgIpc) is 2.89. The highest BCUT2D eigenvalue weighted by Crippen LogP contribution is 2.41. The van der Waals surface area contributed by atoms with Crippen molar-refractivity contribution < 1.29 is 4.79 Å². The number of carbonyl (C=O) groups excluding carboxylic acids is 1. The van der Waals surface area contributed by atoms with Gasteiger partial charge in [-0.05, 0) is 43.9 Å². The standard InChI is InChI=1S/C16H22BrNO/c1-3-16(10-4-5-11-16)15(19)18-12(2)13-6-8-14(17)9-7-13/h6-9,12H,3-5,10-11H2,1-2H3,(H,18,19). The summed E-state index contributed by atoms with van der Waals surface area (Å²) in [4.78, 5) is 12.5. The maximum absolute atomic E-state index is 12.5. The predicted molar refractivity (Wildman–Crippen MR) is 81.9 cm³/mol. The molecule has 1 saturated carbocycles. The molecule has 0 spiro atoms. The van der Waals surface area contributed by atoms with Crippen molar-refractivity contribution in [3.8, 4) is 0 Å². The van der Waals surface area contributed by atoms with Crippen LogP contribution in [-0.2, 0) is 4.79 Å². The Morgan fingerprint density at radius 1 is 1.32 bits per heavy atom. The lowest BCUT2D eigenvalue weighted by Crippen LogP contribution is -2.40. The normalized spacial score (nSPS) is 19.1. The third kappa shape index (κ3) is 3.19. The van der Waals surface area contributed by atoms with Crippen molar-refractivity contribution in [3.05, 3.63) is 34.3 Å². The molecule has 1 amide bonds. The van der Waals surface area contributed by atoms with Crippen LogP contribution in [0, 0.1) is 5.41 Å². The highest BCUT2D eigenvalue weighted by Gasteiger charge is 2.39. The van der Waals surface area contributed by atoms with Crippen molar-refractivity contribution in [3.63, 3.8) is 0 Å². The summed E-state index contributed by atoms with van der Waals surface area (Å²) in [5, 5.41) is 3.20. The van der Waals surface area contributed by atoms with Crippen molar-refractivity contribution in [2.45, 2.75) is 52.0 Å². The van der Waals surface area contributed by atoms with Crippen LogP contribution in [0.2, 0.25) is 0 Å². The fourth-order valence-corrected chi connectivity index (χ4v) is 3.24. The van der Waals surface area contributed by atoms with E-state index in [1.165, 1.54) is 12.8 Å². The van der Waals surface area contributed by atoms with Crippen LogP contribution >= 0.6 is 15.9 Å². The minimum absolute atomic E-state index is 0.0737. The molecule has 0 heterocycles. The Bertz CT molecular complexity index is 435. The third-order valence-corrected chi connectivity index (χ3v) is 4.97. The zero-order chi connectivity index (χ0) is 13.9. The molecule has 0 radical (unpaired) electrons. The topological polar surface area (TPSA) is 29.1 Å². The summed E-state index contributed by atoms with van der Waals surface area (Å²) >= 11 is 3.43. The van der Waals surface area contributed by atoms with Crippen LogP contribution in [0.4, 0.5) is 0 Å². The SMILES string of the molecule is CCC1(C(=O)NC(C)c2ccc(Br)cc2)CCCC1. The van der Waals surface area contributed by atoms with Crippen LogP contribution in [0.25, 0.3) is 0 Å². The first-order valence-corrected chi connectivity index (χ1v) is 7.93. The van der Waals surface area contributed by atoms with Gasteiger partial charge < -0.3 is 5.32 Å². The second-order valence-corrected chi connectivity index (χ2v) is 6.50. The van der Waals surface area contributed by atoms with E-state index in [4.69, 9.17) is 0 Å². The van der Waals surface area contributed by atoms with E-state index in [0.29, 0.717) is 0 Å². The zero-order valence-corrected chi connectivity index (χ0v) is 13.3. The van der Waals surface area contributed by atoms with Gasteiger partial charge in [0.15, 0.2) is 0 Å². The molecule has 2 rings (SSSR count). The molecule has 1 N–H and O–H groups in total. The molecule has 3 heteroatoms. The summed E-state index contributed by atoms with van der Waals surface area (Å²) in [6, 6.07) is 8.22. The van der Waals surface area contributed by atoms with E-state index in [9.17, 15) is 4.79 Å². The number of carbonyl (C=O) groups is 1. The number of nitrogens with one attached hydrogen (secondary N) is 1. The molecule has 0 aliphatic heterocycles. The summed E-state index contributed by atoms with van der Waals surface area (Å²) in [6.07, 6.45) is 5.42.